The Morgan fingerprint density at radius 1 is 0.568 bits per heavy atom. The van der Waals surface area contributed by atoms with Gasteiger partial charge in [-0.3, -0.25) is 9.80 Å². The summed E-state index contributed by atoms with van der Waals surface area (Å²) >= 11 is 0. The van der Waals surface area contributed by atoms with Gasteiger partial charge in [-0.05, 0) is 130 Å². The monoisotopic (exact) mass is 1340 g/mol. The van der Waals surface area contributed by atoms with Gasteiger partial charge in [-0.2, -0.15) is 52.7 Å². The fourth-order valence-corrected chi connectivity index (χ4v) is 12.0. The van der Waals surface area contributed by atoms with Gasteiger partial charge in [0.25, 0.3) is 0 Å². The van der Waals surface area contributed by atoms with Crippen molar-refractivity contribution in [3.63, 3.8) is 0 Å². The van der Waals surface area contributed by atoms with Gasteiger partial charge >= 0.3 is 49.0 Å². The molecule has 5 amide bonds. The first kappa shape index (κ1) is 72.3. The van der Waals surface area contributed by atoms with E-state index in [9.17, 15) is 71.9 Å². The lowest BCUT2D eigenvalue weighted by molar-refractivity contribution is -0.145. The van der Waals surface area contributed by atoms with Gasteiger partial charge < -0.3 is 45.4 Å². The first-order valence-corrected chi connectivity index (χ1v) is 30.3. The summed E-state index contributed by atoms with van der Waals surface area (Å²) in [5, 5.41) is 8.36. The molecular weight excluding hydrogens is 1270 g/mol. The molecule has 0 spiro atoms. The number of urea groups is 1. The lowest BCUT2D eigenvalue weighted by atomic mass is 9.76. The summed E-state index contributed by atoms with van der Waals surface area (Å²) in [6, 6.07) is 34.9. The van der Waals surface area contributed by atoms with E-state index in [0.717, 1.165) is 5.56 Å². The highest BCUT2D eigenvalue weighted by Gasteiger charge is 2.55. The molecule has 0 saturated carbocycles. The third-order valence-electron chi connectivity index (χ3n) is 16.7. The van der Waals surface area contributed by atoms with E-state index in [2.05, 4.69) is 16.0 Å². The number of amides is 5. The lowest BCUT2D eigenvalue weighted by Crippen LogP contribution is -2.72. The maximum Gasteiger partial charge on any atom is 0.416 e. The SMILES string of the molecule is C[C@@H](OC[C@@]1(c2ccccc2)CC[C@@H]2NC(=O)NC[C@H]2N1C(=O)OCc1ccccc1)c1cc(C(F)(F)F)cc(C(F)(F)F)c1.C[C@@H](OC[C@@]1(c2ccccc2)CC[C@H](NC(=O)OC(C)(C)C)[C@@H](CN)N1C(=O)OCc1ccccc1)c1cc(C(F)(F)F)cc(C(F)(F)F)c1. The summed E-state index contributed by atoms with van der Waals surface area (Å²) in [7, 11) is 0. The molecule has 9 rings (SSSR count). The Bertz CT molecular complexity index is 3500. The van der Waals surface area contributed by atoms with Crippen LogP contribution < -0.4 is 21.7 Å². The number of nitrogens with two attached hydrogens (primary N) is 1. The van der Waals surface area contributed by atoms with Gasteiger partial charge in [0.05, 0.1) is 82.9 Å². The van der Waals surface area contributed by atoms with Gasteiger partial charge in [0.2, 0.25) is 0 Å². The van der Waals surface area contributed by atoms with Gasteiger partial charge in [-0.15, -0.1) is 0 Å². The Kier molecular flexibility index (Phi) is 22.5. The second-order valence-corrected chi connectivity index (χ2v) is 24.4. The fraction of sp³-hybridized carbons (Fsp3) is 0.412. The molecule has 0 bridgehead atoms. The Balaban J connectivity index is 0.000000245. The third kappa shape index (κ3) is 18.1. The number of halogens is 12. The summed E-state index contributed by atoms with van der Waals surface area (Å²) in [6.07, 6.45) is -23.9. The van der Waals surface area contributed by atoms with Crippen molar-refractivity contribution in [3.05, 3.63) is 213 Å². The molecule has 6 aromatic rings. The maximum atomic E-state index is 14.2. The number of nitrogens with one attached hydrogen (secondary N) is 3. The molecule has 3 aliphatic rings. The lowest BCUT2D eigenvalue weighted by Gasteiger charge is -2.54. The zero-order valence-electron chi connectivity index (χ0n) is 52.2. The van der Waals surface area contributed by atoms with Crippen molar-refractivity contribution in [2.45, 2.75) is 151 Å². The Morgan fingerprint density at radius 3 is 1.34 bits per heavy atom. The Morgan fingerprint density at radius 2 is 0.947 bits per heavy atom. The molecule has 512 valence electrons. The number of benzene rings is 6. The maximum absolute atomic E-state index is 14.2. The normalized spacial score (nSPS) is 21.5. The number of likely N-dealkylation sites (tertiary alicyclic amines) is 2. The average Bonchev–Trinajstić information content (AvgIpc) is 0.748. The van der Waals surface area contributed by atoms with Gasteiger partial charge in [0.1, 0.15) is 18.8 Å². The molecule has 95 heavy (non-hydrogen) atoms. The number of hydrogen-bond acceptors (Lipinski definition) is 10. The molecule has 0 aliphatic carbocycles. The Labute approximate surface area is 540 Å². The summed E-state index contributed by atoms with van der Waals surface area (Å²) in [6.45, 7) is 6.88. The number of piperidine rings is 2. The van der Waals surface area contributed by atoms with Crippen molar-refractivity contribution in [3.8, 4) is 0 Å². The molecule has 27 heteroatoms. The minimum atomic E-state index is -5.05. The number of rotatable bonds is 16. The van der Waals surface area contributed by atoms with Gasteiger partial charge in [-0.25, -0.2) is 19.2 Å². The van der Waals surface area contributed by atoms with E-state index in [4.69, 9.17) is 29.4 Å². The molecule has 0 aromatic heterocycles. The van der Waals surface area contributed by atoms with E-state index >= 15 is 0 Å². The first-order chi connectivity index (χ1) is 44.6. The highest BCUT2D eigenvalue weighted by molar-refractivity contribution is 5.77. The summed E-state index contributed by atoms with van der Waals surface area (Å²) in [4.78, 5) is 56.1. The molecule has 8 atom stereocenters. The number of alkyl halides is 12. The number of nitrogens with zero attached hydrogens (tertiary/aromatic N) is 2. The van der Waals surface area contributed by atoms with Crippen LogP contribution in [0.25, 0.3) is 0 Å². The number of fused-ring (bicyclic) bond motifs is 1. The quantitative estimate of drug-likeness (QED) is 0.0537. The largest absolute Gasteiger partial charge is 0.445 e. The van der Waals surface area contributed by atoms with Crippen LogP contribution in [0.1, 0.15) is 128 Å². The molecular formula is C68H72F12N6O9. The number of carbonyl (C=O) groups excluding carboxylic acids is 4. The zero-order chi connectivity index (χ0) is 69.3. The summed E-state index contributed by atoms with van der Waals surface area (Å²) < 4.78 is 193. The number of ether oxygens (including phenoxy) is 5. The van der Waals surface area contributed by atoms with Crippen LogP contribution in [0.2, 0.25) is 0 Å². The fourth-order valence-electron chi connectivity index (χ4n) is 12.0. The van der Waals surface area contributed by atoms with Crippen LogP contribution in [-0.2, 0) is 72.7 Å². The van der Waals surface area contributed by atoms with Gasteiger partial charge in [0.15, 0.2) is 0 Å². The molecule has 5 N–H and O–H groups in total. The van der Waals surface area contributed by atoms with Crippen molar-refractivity contribution in [2.75, 3.05) is 26.3 Å². The molecule has 3 fully saturated rings. The number of hydrogen-bond donors (Lipinski definition) is 4. The molecule has 3 saturated heterocycles. The van der Waals surface area contributed by atoms with E-state index in [-0.39, 0.29) is 82.0 Å². The van der Waals surface area contributed by atoms with E-state index in [0.29, 0.717) is 47.4 Å². The van der Waals surface area contributed by atoms with Crippen LogP contribution in [0, 0.1) is 0 Å². The highest BCUT2D eigenvalue weighted by atomic mass is 19.4. The van der Waals surface area contributed by atoms with E-state index in [1.165, 1.54) is 23.6 Å². The van der Waals surface area contributed by atoms with Crippen molar-refractivity contribution in [1.29, 1.82) is 0 Å². The van der Waals surface area contributed by atoms with Crippen LogP contribution in [0.5, 0.6) is 0 Å². The van der Waals surface area contributed by atoms with Crippen LogP contribution in [0.3, 0.4) is 0 Å². The van der Waals surface area contributed by atoms with Crippen molar-refractivity contribution >= 4 is 24.3 Å². The van der Waals surface area contributed by atoms with E-state index in [1.807, 2.05) is 6.07 Å². The molecule has 3 heterocycles. The van der Waals surface area contributed by atoms with E-state index in [1.54, 1.807) is 136 Å². The molecule has 0 unspecified atom stereocenters. The summed E-state index contributed by atoms with van der Waals surface area (Å²) in [5.41, 5.74) is -1.07. The Hall–Kier alpha value is -8.56. The molecule has 6 aromatic carbocycles. The van der Waals surface area contributed by atoms with Crippen LogP contribution in [-0.4, -0.2) is 90.2 Å². The van der Waals surface area contributed by atoms with Crippen molar-refractivity contribution in [2.24, 2.45) is 5.73 Å². The standard InChI is InChI=1S/C36H41F6N3O5.C32H31F6N3O4/c1-23(25-17-27(35(37,38)39)19-28(18-25)36(40,41)42)49-22-34(26-13-9-6-10-14-26)16-15-29(44-31(46)50-33(2,3)4)30(20-43)45(34)32(47)48-21-24-11-7-5-8-12-24;1-20(22-14-24(31(33,34)35)16-25(15-22)32(36,37)38)45-19-30(23-10-6-3-7-11-23)13-12-26-27(17-39-28(42)40-26)41(30)29(43)44-18-21-8-4-2-5-9-21/h5-14,17-19,23,29-30H,15-16,20-22,43H2,1-4H3,(H,44,46);2-11,14-16,20,26-27H,12-13,17-19H2,1H3,(H2,39,40,42)/t23-,29+,30-,34-;20-,26+,27-,30-/m11/s1. The predicted molar refractivity (Wildman–Crippen MR) is 323 cm³/mol. The average molecular weight is 1350 g/mol. The predicted octanol–water partition coefficient (Wildman–Crippen LogP) is 15.5. The molecule has 15 nitrogen and oxygen atoms in total. The van der Waals surface area contributed by atoms with Crippen molar-refractivity contribution < 1.29 is 95.5 Å². The van der Waals surface area contributed by atoms with Crippen LogP contribution in [0.4, 0.5) is 71.9 Å². The molecule has 0 radical (unpaired) electrons. The summed E-state index contributed by atoms with van der Waals surface area (Å²) in [5.74, 6) is 0. The zero-order valence-corrected chi connectivity index (χ0v) is 52.2. The van der Waals surface area contributed by atoms with Gasteiger partial charge in [-0.1, -0.05) is 121 Å². The highest BCUT2D eigenvalue weighted by Crippen LogP contribution is 2.47. The first-order valence-electron chi connectivity index (χ1n) is 30.3. The third-order valence-corrected chi connectivity index (χ3v) is 16.7. The minimum absolute atomic E-state index is 0.0525. The number of carbonyl (C=O) groups is 4. The van der Waals surface area contributed by atoms with Crippen LogP contribution >= 0.6 is 0 Å². The van der Waals surface area contributed by atoms with Crippen LogP contribution in [0.15, 0.2) is 158 Å². The van der Waals surface area contributed by atoms with E-state index < -0.39 is 124 Å². The van der Waals surface area contributed by atoms with Gasteiger partial charge in [0, 0.05) is 13.1 Å². The molecule has 3 aliphatic heterocycles. The second kappa shape index (κ2) is 29.6. The topological polar surface area (TPSA) is 183 Å². The van der Waals surface area contributed by atoms with Crippen molar-refractivity contribution in [1.82, 2.24) is 25.8 Å². The smallest absolute Gasteiger partial charge is 0.416 e. The minimum Gasteiger partial charge on any atom is -0.445 e. The number of alkyl carbamates (subject to hydrolysis) is 1. The second-order valence-electron chi connectivity index (χ2n) is 24.4.